The number of nitrogens with zero attached hydrogens (tertiary/aromatic N) is 5. The molecule has 0 saturated carbocycles. The average molecular weight is 415 g/mol. The minimum absolute atomic E-state index is 0.210. The molecule has 0 aliphatic heterocycles. The number of aromatic nitrogens is 4. The Bertz CT molecular complexity index is 1040. The van der Waals surface area contributed by atoms with Crippen LogP contribution in [0.15, 0.2) is 0 Å². The van der Waals surface area contributed by atoms with Gasteiger partial charge in [0.25, 0.3) is 5.91 Å². The number of amides is 1. The van der Waals surface area contributed by atoms with Gasteiger partial charge in [0.2, 0.25) is 5.82 Å². The molecule has 0 spiro atoms. The molecule has 1 aliphatic carbocycles. The lowest BCUT2D eigenvalue weighted by molar-refractivity contribution is 0.0941. The monoisotopic (exact) mass is 414 g/mol. The fourth-order valence-corrected chi connectivity index (χ4v) is 5.68. The van der Waals surface area contributed by atoms with Gasteiger partial charge >= 0.3 is 0 Å². The van der Waals surface area contributed by atoms with Crippen molar-refractivity contribution in [3.63, 3.8) is 0 Å². The minimum Gasteiger partial charge on any atom is -0.349 e. The van der Waals surface area contributed by atoms with Gasteiger partial charge in [0, 0.05) is 11.4 Å². The maximum atomic E-state index is 12.7. The van der Waals surface area contributed by atoms with Crippen molar-refractivity contribution >= 4 is 33.1 Å². The SMILES string of the molecule is CCN(CC)CCCNC(=O)c1nc2c3c4c(sc3nc(C)n2n1)CCC[C@@H]4C. The molecular formula is C21H30N6OS. The first-order valence-corrected chi connectivity index (χ1v) is 11.5. The highest BCUT2D eigenvalue weighted by molar-refractivity contribution is 7.19. The van der Waals surface area contributed by atoms with E-state index in [9.17, 15) is 4.79 Å². The lowest BCUT2D eigenvalue weighted by Crippen LogP contribution is -2.30. The van der Waals surface area contributed by atoms with Crippen LogP contribution >= 0.6 is 11.3 Å². The fourth-order valence-electron chi connectivity index (χ4n) is 4.31. The molecule has 29 heavy (non-hydrogen) atoms. The molecule has 0 fully saturated rings. The van der Waals surface area contributed by atoms with E-state index in [1.165, 1.54) is 23.3 Å². The van der Waals surface area contributed by atoms with Gasteiger partial charge in [0.1, 0.15) is 10.7 Å². The molecule has 0 saturated heterocycles. The zero-order valence-electron chi connectivity index (χ0n) is 17.8. The standard InChI is InChI=1S/C21H30N6OS/c1-5-26(6-2)12-8-11-22-20(28)18-24-19-17-16-13(3)9-7-10-15(16)29-21(17)23-14(4)27(19)25-18/h13H,5-12H2,1-4H3,(H,22,28)/t13-/m0/s1. The normalized spacial score (nSPS) is 16.7. The topological polar surface area (TPSA) is 75.4 Å². The van der Waals surface area contributed by atoms with E-state index in [1.807, 2.05) is 6.92 Å². The number of nitrogens with one attached hydrogen (secondary N) is 1. The molecule has 3 aromatic heterocycles. The molecule has 0 unspecified atom stereocenters. The molecule has 1 amide bonds. The van der Waals surface area contributed by atoms with Crippen molar-refractivity contribution in [2.75, 3.05) is 26.2 Å². The summed E-state index contributed by atoms with van der Waals surface area (Å²) in [5, 5.41) is 8.55. The van der Waals surface area contributed by atoms with Gasteiger partial charge in [0.05, 0.1) is 5.39 Å². The van der Waals surface area contributed by atoms with Gasteiger partial charge in [0.15, 0.2) is 5.65 Å². The van der Waals surface area contributed by atoms with Crippen LogP contribution in [0.25, 0.3) is 15.9 Å². The Kier molecular flexibility index (Phi) is 5.83. The summed E-state index contributed by atoms with van der Waals surface area (Å²) in [6.07, 6.45) is 4.44. The van der Waals surface area contributed by atoms with Crippen LogP contribution in [0.5, 0.6) is 0 Å². The number of fused-ring (bicyclic) bond motifs is 5. The third kappa shape index (κ3) is 3.75. The molecule has 8 heteroatoms. The maximum Gasteiger partial charge on any atom is 0.290 e. The Morgan fingerprint density at radius 3 is 2.86 bits per heavy atom. The Morgan fingerprint density at radius 1 is 1.31 bits per heavy atom. The van der Waals surface area contributed by atoms with Crippen LogP contribution in [-0.4, -0.2) is 56.6 Å². The Morgan fingerprint density at radius 2 is 2.10 bits per heavy atom. The van der Waals surface area contributed by atoms with Crippen molar-refractivity contribution in [3.8, 4) is 0 Å². The van der Waals surface area contributed by atoms with Crippen LogP contribution in [0.2, 0.25) is 0 Å². The van der Waals surface area contributed by atoms with Gasteiger partial charge in [-0.05, 0) is 63.7 Å². The van der Waals surface area contributed by atoms with E-state index in [4.69, 9.17) is 4.98 Å². The summed E-state index contributed by atoms with van der Waals surface area (Å²) in [5.74, 6) is 1.29. The largest absolute Gasteiger partial charge is 0.349 e. The summed E-state index contributed by atoms with van der Waals surface area (Å²) >= 11 is 1.78. The van der Waals surface area contributed by atoms with Gasteiger partial charge in [-0.3, -0.25) is 4.79 Å². The van der Waals surface area contributed by atoms with Crippen LogP contribution in [0.4, 0.5) is 0 Å². The molecule has 156 valence electrons. The molecule has 0 radical (unpaired) electrons. The Hall–Kier alpha value is -2.06. The lowest BCUT2D eigenvalue weighted by atomic mass is 9.87. The molecule has 1 atom stereocenters. The van der Waals surface area contributed by atoms with E-state index >= 15 is 0 Å². The predicted molar refractivity (Wildman–Crippen MR) is 117 cm³/mol. The lowest BCUT2D eigenvalue weighted by Gasteiger charge is -2.18. The van der Waals surface area contributed by atoms with Crippen LogP contribution in [0, 0.1) is 6.92 Å². The van der Waals surface area contributed by atoms with E-state index in [0.29, 0.717) is 12.5 Å². The molecule has 4 rings (SSSR count). The third-order valence-electron chi connectivity index (χ3n) is 5.97. The second-order valence-electron chi connectivity index (χ2n) is 7.88. The predicted octanol–water partition coefficient (Wildman–Crippen LogP) is 3.55. The van der Waals surface area contributed by atoms with Crippen molar-refractivity contribution < 1.29 is 4.79 Å². The number of carbonyl (C=O) groups excluding carboxylic acids is 1. The summed E-state index contributed by atoms with van der Waals surface area (Å²) in [4.78, 5) is 26.9. The molecule has 3 aromatic rings. The van der Waals surface area contributed by atoms with Gasteiger partial charge in [-0.25, -0.2) is 9.97 Å². The van der Waals surface area contributed by atoms with Gasteiger partial charge in [-0.2, -0.15) is 4.52 Å². The van der Waals surface area contributed by atoms with Crippen LogP contribution < -0.4 is 5.32 Å². The van der Waals surface area contributed by atoms with Crippen LogP contribution in [0.3, 0.4) is 0 Å². The summed E-state index contributed by atoms with van der Waals surface area (Å²) in [6, 6.07) is 0. The van der Waals surface area contributed by atoms with Crippen molar-refractivity contribution in [1.29, 1.82) is 0 Å². The van der Waals surface area contributed by atoms with Crippen molar-refractivity contribution in [1.82, 2.24) is 29.8 Å². The number of rotatable bonds is 7. The zero-order valence-corrected chi connectivity index (χ0v) is 18.6. The number of thiophene rings is 1. The summed E-state index contributed by atoms with van der Waals surface area (Å²) < 4.78 is 1.74. The van der Waals surface area contributed by atoms with Crippen LogP contribution in [-0.2, 0) is 6.42 Å². The number of hydrogen-bond acceptors (Lipinski definition) is 6. The van der Waals surface area contributed by atoms with E-state index in [-0.39, 0.29) is 11.7 Å². The first kappa shape index (κ1) is 20.2. The van der Waals surface area contributed by atoms with Crippen molar-refractivity contribution in [3.05, 3.63) is 22.1 Å². The summed E-state index contributed by atoms with van der Waals surface area (Å²) in [7, 11) is 0. The number of aryl methyl sites for hydroxylation is 2. The first-order valence-electron chi connectivity index (χ1n) is 10.7. The van der Waals surface area contributed by atoms with E-state index in [1.54, 1.807) is 15.9 Å². The maximum absolute atomic E-state index is 12.7. The molecule has 0 aromatic carbocycles. The molecule has 1 aliphatic rings. The van der Waals surface area contributed by atoms with Crippen molar-refractivity contribution in [2.45, 2.75) is 59.3 Å². The van der Waals surface area contributed by atoms with Crippen molar-refractivity contribution in [2.24, 2.45) is 0 Å². The highest BCUT2D eigenvalue weighted by atomic mass is 32.1. The molecule has 1 N–H and O–H groups in total. The van der Waals surface area contributed by atoms with Gasteiger partial charge < -0.3 is 10.2 Å². The third-order valence-corrected chi connectivity index (χ3v) is 7.13. The highest BCUT2D eigenvalue weighted by Crippen LogP contribution is 2.42. The molecule has 3 heterocycles. The highest BCUT2D eigenvalue weighted by Gasteiger charge is 2.26. The van der Waals surface area contributed by atoms with E-state index in [0.717, 1.165) is 54.2 Å². The average Bonchev–Trinajstić information content (AvgIpc) is 3.30. The first-order chi connectivity index (χ1) is 14.0. The Labute approximate surface area is 175 Å². The van der Waals surface area contributed by atoms with Gasteiger partial charge in [-0.15, -0.1) is 16.4 Å². The smallest absolute Gasteiger partial charge is 0.290 e. The van der Waals surface area contributed by atoms with E-state index < -0.39 is 0 Å². The fraction of sp³-hybridized carbons (Fsp3) is 0.619. The number of hydrogen-bond donors (Lipinski definition) is 1. The number of carbonyl (C=O) groups is 1. The summed E-state index contributed by atoms with van der Waals surface area (Å²) in [6.45, 7) is 12.2. The molecule has 7 nitrogen and oxygen atoms in total. The quantitative estimate of drug-likeness (QED) is 0.599. The molecule has 0 bridgehead atoms. The second kappa shape index (κ2) is 8.36. The molecular weight excluding hydrogens is 384 g/mol. The van der Waals surface area contributed by atoms with Gasteiger partial charge in [-0.1, -0.05) is 20.8 Å². The van der Waals surface area contributed by atoms with Crippen LogP contribution in [0.1, 0.15) is 72.8 Å². The minimum atomic E-state index is -0.210. The summed E-state index contributed by atoms with van der Waals surface area (Å²) in [5.41, 5.74) is 2.14. The van der Waals surface area contributed by atoms with E-state index in [2.05, 4.69) is 41.1 Å². The Balaban J connectivity index is 1.60. The zero-order chi connectivity index (χ0) is 20.5. The second-order valence-corrected chi connectivity index (χ2v) is 8.96.